The van der Waals surface area contributed by atoms with Gasteiger partial charge in [-0.1, -0.05) is 41.1 Å². The molecule has 0 atom stereocenters. The second-order valence-corrected chi connectivity index (χ2v) is 8.43. The summed E-state index contributed by atoms with van der Waals surface area (Å²) in [6, 6.07) is 8.45. The predicted octanol–water partition coefficient (Wildman–Crippen LogP) is 5.39. The van der Waals surface area contributed by atoms with Crippen LogP contribution in [0.25, 0.3) is 10.2 Å². The molecule has 0 unspecified atom stereocenters. The summed E-state index contributed by atoms with van der Waals surface area (Å²) >= 11 is 7.58. The Morgan fingerprint density at radius 2 is 1.93 bits per heavy atom. The number of carbonyl (C=O) groups is 1. The first-order chi connectivity index (χ1) is 13.4. The number of benzene rings is 2. The van der Waals surface area contributed by atoms with E-state index in [1.165, 1.54) is 23.8 Å². The molecule has 1 aromatic heterocycles. The lowest BCUT2D eigenvalue weighted by atomic mass is 10.1. The standard InChI is InChI=1S/C21H20ClFN2O2S/c1-12-6-7-13(2)19-18(12)24-21(28-19)27-14-8-10-25(11-9-14)20(26)17-15(22)4-3-5-16(17)23/h3-7,14H,8-11H2,1-2H3. The van der Waals surface area contributed by atoms with Gasteiger partial charge in [-0.3, -0.25) is 4.79 Å². The maximum atomic E-state index is 14.0. The van der Waals surface area contributed by atoms with E-state index in [2.05, 4.69) is 24.0 Å². The molecule has 146 valence electrons. The molecule has 4 rings (SSSR count). The molecule has 0 bridgehead atoms. The average molecular weight is 419 g/mol. The Hall–Kier alpha value is -2.18. The zero-order valence-electron chi connectivity index (χ0n) is 15.7. The second kappa shape index (κ2) is 7.68. The maximum absolute atomic E-state index is 14.0. The van der Waals surface area contributed by atoms with Crippen molar-refractivity contribution in [3.63, 3.8) is 0 Å². The number of rotatable bonds is 3. The number of nitrogens with zero attached hydrogens (tertiary/aromatic N) is 2. The number of hydrogen-bond donors (Lipinski definition) is 0. The Morgan fingerprint density at radius 1 is 1.21 bits per heavy atom. The van der Waals surface area contributed by atoms with Crippen molar-refractivity contribution in [2.75, 3.05) is 13.1 Å². The highest BCUT2D eigenvalue weighted by atomic mass is 35.5. The quantitative estimate of drug-likeness (QED) is 0.572. The van der Waals surface area contributed by atoms with Gasteiger partial charge in [0.25, 0.3) is 11.1 Å². The molecule has 1 amide bonds. The van der Waals surface area contributed by atoms with Gasteiger partial charge in [0.05, 0.1) is 20.8 Å². The molecule has 4 nitrogen and oxygen atoms in total. The molecule has 1 fully saturated rings. The van der Waals surface area contributed by atoms with Crippen molar-refractivity contribution < 1.29 is 13.9 Å². The molecule has 1 aliphatic heterocycles. The van der Waals surface area contributed by atoms with Gasteiger partial charge in [-0.15, -0.1) is 0 Å². The molecule has 3 aromatic rings. The number of piperidine rings is 1. The minimum Gasteiger partial charge on any atom is -0.467 e. The Labute approximate surface area is 171 Å². The van der Waals surface area contributed by atoms with Crippen LogP contribution in [-0.2, 0) is 0 Å². The number of fused-ring (bicyclic) bond motifs is 1. The lowest BCUT2D eigenvalue weighted by Crippen LogP contribution is -2.42. The summed E-state index contributed by atoms with van der Waals surface area (Å²) < 4.78 is 21.3. The van der Waals surface area contributed by atoms with Crippen LogP contribution in [0.15, 0.2) is 30.3 Å². The van der Waals surface area contributed by atoms with Crippen molar-refractivity contribution in [2.24, 2.45) is 0 Å². The van der Waals surface area contributed by atoms with E-state index in [4.69, 9.17) is 16.3 Å². The summed E-state index contributed by atoms with van der Waals surface area (Å²) in [5.41, 5.74) is 3.26. The van der Waals surface area contributed by atoms with Crippen molar-refractivity contribution in [1.29, 1.82) is 0 Å². The third-order valence-electron chi connectivity index (χ3n) is 5.10. The highest BCUT2D eigenvalue weighted by Gasteiger charge is 2.28. The Morgan fingerprint density at radius 3 is 2.61 bits per heavy atom. The fourth-order valence-corrected chi connectivity index (χ4v) is 4.74. The molecular weight excluding hydrogens is 399 g/mol. The summed E-state index contributed by atoms with van der Waals surface area (Å²) in [6.45, 7) is 5.11. The van der Waals surface area contributed by atoms with Crippen molar-refractivity contribution >= 4 is 39.1 Å². The molecular formula is C21H20ClFN2O2S. The van der Waals surface area contributed by atoms with Gasteiger partial charge in [0.1, 0.15) is 11.9 Å². The third kappa shape index (κ3) is 3.59. The van der Waals surface area contributed by atoms with Gasteiger partial charge < -0.3 is 9.64 Å². The first kappa shape index (κ1) is 19.2. The number of aromatic nitrogens is 1. The summed E-state index contributed by atoms with van der Waals surface area (Å²) in [5.74, 6) is -0.955. The first-order valence-corrected chi connectivity index (χ1v) is 10.4. The Balaban J connectivity index is 1.43. The first-order valence-electron chi connectivity index (χ1n) is 9.20. The molecule has 0 saturated carbocycles. The van der Waals surface area contributed by atoms with Crippen LogP contribution in [-0.4, -0.2) is 35.0 Å². The number of aryl methyl sites for hydroxylation is 2. The van der Waals surface area contributed by atoms with Gasteiger partial charge in [-0.05, 0) is 37.1 Å². The van der Waals surface area contributed by atoms with E-state index in [1.54, 1.807) is 16.2 Å². The fraction of sp³-hybridized carbons (Fsp3) is 0.333. The number of thiazole rings is 1. The predicted molar refractivity (Wildman–Crippen MR) is 110 cm³/mol. The zero-order valence-corrected chi connectivity index (χ0v) is 17.2. The number of likely N-dealkylation sites (tertiary alicyclic amines) is 1. The Kier molecular flexibility index (Phi) is 5.25. The molecule has 2 heterocycles. The van der Waals surface area contributed by atoms with Crippen LogP contribution in [0.1, 0.15) is 34.3 Å². The second-order valence-electron chi connectivity index (χ2n) is 7.06. The number of carbonyl (C=O) groups excluding carboxylic acids is 1. The fourth-order valence-electron chi connectivity index (χ4n) is 3.47. The van der Waals surface area contributed by atoms with Gasteiger partial charge in [0.2, 0.25) is 0 Å². The van der Waals surface area contributed by atoms with Crippen molar-refractivity contribution in [1.82, 2.24) is 9.88 Å². The van der Waals surface area contributed by atoms with Crippen LogP contribution in [0.5, 0.6) is 5.19 Å². The highest BCUT2D eigenvalue weighted by molar-refractivity contribution is 7.20. The number of halogens is 2. The summed E-state index contributed by atoms with van der Waals surface area (Å²) in [5, 5.41) is 0.804. The van der Waals surface area contributed by atoms with Crippen molar-refractivity contribution in [3.05, 3.63) is 57.9 Å². The van der Waals surface area contributed by atoms with Crippen LogP contribution in [0, 0.1) is 19.7 Å². The summed E-state index contributed by atoms with van der Waals surface area (Å²) in [6.07, 6.45) is 1.33. The molecule has 2 aromatic carbocycles. The summed E-state index contributed by atoms with van der Waals surface area (Å²) in [4.78, 5) is 18.9. The van der Waals surface area contributed by atoms with E-state index in [1.807, 2.05) is 6.92 Å². The lowest BCUT2D eigenvalue weighted by molar-refractivity contribution is 0.0591. The Bertz CT molecular complexity index is 985. The van der Waals surface area contributed by atoms with Gasteiger partial charge in [0.15, 0.2) is 0 Å². The van der Waals surface area contributed by atoms with E-state index >= 15 is 0 Å². The molecule has 0 aliphatic carbocycles. The molecule has 1 saturated heterocycles. The van der Waals surface area contributed by atoms with Crippen LogP contribution >= 0.6 is 22.9 Å². The topological polar surface area (TPSA) is 42.4 Å². The van der Waals surface area contributed by atoms with Crippen molar-refractivity contribution in [3.8, 4) is 5.19 Å². The normalized spacial score (nSPS) is 15.2. The molecule has 0 radical (unpaired) electrons. The van der Waals surface area contributed by atoms with E-state index in [-0.39, 0.29) is 22.6 Å². The van der Waals surface area contributed by atoms with Gasteiger partial charge in [-0.25, -0.2) is 9.37 Å². The molecule has 7 heteroatoms. The van der Waals surface area contributed by atoms with Crippen LogP contribution in [0.4, 0.5) is 4.39 Å². The third-order valence-corrected chi connectivity index (χ3v) is 6.49. The van der Waals surface area contributed by atoms with E-state index in [9.17, 15) is 9.18 Å². The minimum atomic E-state index is -0.587. The van der Waals surface area contributed by atoms with Gasteiger partial charge in [-0.2, -0.15) is 0 Å². The highest BCUT2D eigenvalue weighted by Crippen LogP contribution is 2.34. The average Bonchev–Trinajstić information content (AvgIpc) is 3.10. The lowest BCUT2D eigenvalue weighted by Gasteiger charge is -2.31. The zero-order chi connectivity index (χ0) is 19.8. The number of hydrogen-bond acceptors (Lipinski definition) is 4. The van der Waals surface area contributed by atoms with Crippen LogP contribution in [0.3, 0.4) is 0 Å². The molecule has 0 N–H and O–H groups in total. The summed E-state index contributed by atoms with van der Waals surface area (Å²) in [7, 11) is 0. The number of amides is 1. The number of ether oxygens (including phenoxy) is 1. The van der Waals surface area contributed by atoms with Crippen LogP contribution in [0.2, 0.25) is 5.02 Å². The molecule has 0 spiro atoms. The minimum absolute atomic E-state index is 0.0127. The van der Waals surface area contributed by atoms with Gasteiger partial charge >= 0.3 is 0 Å². The monoisotopic (exact) mass is 418 g/mol. The smallest absolute Gasteiger partial charge is 0.274 e. The maximum Gasteiger partial charge on any atom is 0.274 e. The van der Waals surface area contributed by atoms with E-state index in [0.717, 1.165) is 15.8 Å². The SMILES string of the molecule is Cc1ccc(C)c2sc(OC3CCN(C(=O)c4c(F)cccc4Cl)CC3)nc12. The van der Waals surface area contributed by atoms with Crippen molar-refractivity contribution in [2.45, 2.75) is 32.8 Å². The molecule has 28 heavy (non-hydrogen) atoms. The largest absolute Gasteiger partial charge is 0.467 e. The van der Waals surface area contributed by atoms with E-state index < -0.39 is 5.82 Å². The molecule has 1 aliphatic rings. The van der Waals surface area contributed by atoms with Crippen LogP contribution < -0.4 is 4.74 Å². The van der Waals surface area contributed by atoms with Gasteiger partial charge in [0, 0.05) is 25.9 Å². The van der Waals surface area contributed by atoms with E-state index in [0.29, 0.717) is 31.1 Å².